The molecule has 198 valence electrons. The molecule has 5 rings (SSSR count). The first-order valence-corrected chi connectivity index (χ1v) is 12.5. The van der Waals surface area contributed by atoms with Gasteiger partial charge in [0.05, 0.1) is 0 Å². The summed E-state index contributed by atoms with van der Waals surface area (Å²) >= 11 is 0. The van der Waals surface area contributed by atoms with E-state index in [9.17, 15) is 9.59 Å². The maximum Gasteiger partial charge on any atom is 0.298 e. The average Bonchev–Trinajstić information content (AvgIpc) is 3.36. The molecule has 39 heavy (non-hydrogen) atoms. The third-order valence-corrected chi connectivity index (χ3v) is 6.25. The Morgan fingerprint density at radius 2 is 2.00 bits per heavy atom. The normalized spacial score (nSPS) is 14.8. The van der Waals surface area contributed by atoms with Crippen LogP contribution < -0.4 is 15.4 Å². The Kier molecular flexibility index (Phi) is 7.65. The highest BCUT2D eigenvalue weighted by atomic mass is 16.5. The van der Waals surface area contributed by atoms with Gasteiger partial charge in [0.15, 0.2) is 11.5 Å². The van der Waals surface area contributed by atoms with Gasteiger partial charge in [0.1, 0.15) is 29.3 Å². The molecular formula is C28H27N7O4. The van der Waals surface area contributed by atoms with Gasteiger partial charge in [0.2, 0.25) is 0 Å². The number of carbonyl (C=O) groups is 2. The quantitative estimate of drug-likeness (QED) is 0.281. The van der Waals surface area contributed by atoms with Gasteiger partial charge in [-0.25, -0.2) is 9.97 Å². The smallest absolute Gasteiger partial charge is 0.298 e. The second-order valence-electron chi connectivity index (χ2n) is 9.10. The fourth-order valence-electron chi connectivity index (χ4n) is 4.37. The van der Waals surface area contributed by atoms with Gasteiger partial charge < -0.3 is 25.4 Å². The number of fused-ring (bicyclic) bond motifs is 1. The van der Waals surface area contributed by atoms with Gasteiger partial charge in [-0.05, 0) is 67.6 Å². The van der Waals surface area contributed by atoms with E-state index in [-0.39, 0.29) is 24.5 Å². The number of piperidine rings is 1. The number of rotatable bonds is 6. The number of hydrogen-bond donors (Lipinski definition) is 4. The number of aliphatic hydroxyl groups is 1. The van der Waals surface area contributed by atoms with Crippen molar-refractivity contribution in [2.45, 2.75) is 25.8 Å². The van der Waals surface area contributed by atoms with Crippen LogP contribution in [-0.2, 0) is 4.79 Å². The summed E-state index contributed by atoms with van der Waals surface area (Å²) in [5, 5.41) is 23.1. The van der Waals surface area contributed by atoms with Crippen LogP contribution in [0.1, 0.15) is 28.8 Å². The third-order valence-electron chi connectivity index (χ3n) is 6.25. The molecule has 1 fully saturated rings. The Morgan fingerprint density at radius 1 is 1.18 bits per heavy atom. The Balaban J connectivity index is 1.29. The number of aliphatic hydroxyl groups excluding tert-OH is 1. The van der Waals surface area contributed by atoms with Gasteiger partial charge in [-0.2, -0.15) is 5.10 Å². The van der Waals surface area contributed by atoms with Gasteiger partial charge in [-0.15, -0.1) is 0 Å². The van der Waals surface area contributed by atoms with Crippen molar-refractivity contribution >= 4 is 34.5 Å². The molecule has 0 bridgehead atoms. The number of nitrogens with zero attached hydrogens (tertiary/aromatic N) is 4. The molecule has 0 spiro atoms. The van der Waals surface area contributed by atoms with Crippen molar-refractivity contribution in [3.05, 3.63) is 66.0 Å². The van der Waals surface area contributed by atoms with Crippen LogP contribution in [0.3, 0.4) is 0 Å². The second-order valence-corrected chi connectivity index (χ2v) is 9.10. The van der Waals surface area contributed by atoms with E-state index < -0.39 is 0 Å². The van der Waals surface area contributed by atoms with Gasteiger partial charge in [-0.3, -0.25) is 14.7 Å². The molecule has 4 aromatic rings. The fraction of sp³-hybridized carbons (Fsp3) is 0.250. The topological polar surface area (TPSA) is 145 Å². The number of carbonyl (C=O) groups excluding carboxylic acids is 2. The molecular weight excluding hydrogens is 498 g/mol. The first-order valence-electron chi connectivity index (χ1n) is 12.5. The molecule has 4 N–H and O–H groups in total. The molecule has 0 radical (unpaired) electrons. The van der Waals surface area contributed by atoms with E-state index in [4.69, 9.17) is 9.84 Å². The molecule has 0 unspecified atom stereocenters. The number of aryl methyl sites for hydroxylation is 1. The lowest BCUT2D eigenvalue weighted by Crippen LogP contribution is -2.44. The van der Waals surface area contributed by atoms with Crippen LogP contribution in [0, 0.1) is 18.8 Å². The van der Waals surface area contributed by atoms with Crippen molar-refractivity contribution in [2.24, 2.45) is 0 Å². The lowest BCUT2D eigenvalue weighted by molar-refractivity contribution is -0.126. The van der Waals surface area contributed by atoms with Crippen molar-refractivity contribution in [2.75, 3.05) is 30.3 Å². The molecule has 1 aromatic carbocycles. The summed E-state index contributed by atoms with van der Waals surface area (Å²) in [6.07, 6.45) is 4.93. The summed E-state index contributed by atoms with van der Waals surface area (Å²) in [6.45, 7) is 2.66. The number of H-pyrrole nitrogens is 1. The number of nitrogens with one attached hydrogen (secondary N) is 3. The highest BCUT2D eigenvalue weighted by Gasteiger charge is 2.25. The number of ether oxygens (including phenoxy) is 1. The maximum atomic E-state index is 12.6. The van der Waals surface area contributed by atoms with E-state index in [0.29, 0.717) is 52.8 Å². The van der Waals surface area contributed by atoms with Crippen molar-refractivity contribution < 1.29 is 19.4 Å². The monoisotopic (exact) mass is 525 g/mol. The van der Waals surface area contributed by atoms with Crippen LogP contribution >= 0.6 is 0 Å². The summed E-state index contributed by atoms with van der Waals surface area (Å²) in [5.41, 5.74) is 2.02. The molecule has 11 nitrogen and oxygen atoms in total. The number of amides is 2. The largest absolute Gasteiger partial charge is 0.456 e. The molecule has 1 saturated heterocycles. The Labute approximate surface area is 224 Å². The predicted molar refractivity (Wildman–Crippen MR) is 145 cm³/mol. The van der Waals surface area contributed by atoms with E-state index in [1.807, 2.05) is 13.0 Å². The lowest BCUT2D eigenvalue weighted by atomic mass is 10.1. The molecule has 1 atom stereocenters. The van der Waals surface area contributed by atoms with Crippen LogP contribution in [0.2, 0.25) is 0 Å². The Hall–Kier alpha value is -4.95. The molecule has 11 heteroatoms. The fourth-order valence-corrected chi connectivity index (χ4v) is 4.37. The standard InChI is InChI=1S/C28H27N7O4/c1-18-10-12-29-23(16-18)32-28(38)19-6-8-21(9-7-19)39-22-11-13-30-26-25(22)27(34-33-26)31-20-4-2-14-35(17-20)24(37)5-3-15-36/h6-13,16,20,36H,2,4,14-15,17H2,1H3,(H,29,32,38)(H2,30,31,33,34)/t20-/m1/s1. The molecule has 1 aliphatic heterocycles. The number of aromatic nitrogens is 4. The first-order chi connectivity index (χ1) is 19.0. The zero-order chi connectivity index (χ0) is 27.2. The molecule has 3 aromatic heterocycles. The van der Waals surface area contributed by atoms with Gasteiger partial charge in [0.25, 0.3) is 11.8 Å². The van der Waals surface area contributed by atoms with Crippen molar-refractivity contribution in [3.63, 3.8) is 0 Å². The summed E-state index contributed by atoms with van der Waals surface area (Å²) in [6, 6.07) is 12.2. The van der Waals surface area contributed by atoms with Crippen LogP contribution in [0.5, 0.6) is 11.5 Å². The van der Waals surface area contributed by atoms with E-state index in [1.165, 1.54) is 0 Å². The maximum absolute atomic E-state index is 12.6. The molecule has 2 amide bonds. The van der Waals surface area contributed by atoms with Crippen LogP contribution in [0.4, 0.5) is 11.6 Å². The van der Waals surface area contributed by atoms with Crippen molar-refractivity contribution in [1.29, 1.82) is 0 Å². The predicted octanol–water partition coefficient (Wildman–Crippen LogP) is 3.10. The summed E-state index contributed by atoms with van der Waals surface area (Å²) < 4.78 is 6.16. The van der Waals surface area contributed by atoms with Crippen LogP contribution in [0.15, 0.2) is 54.9 Å². The van der Waals surface area contributed by atoms with Crippen molar-refractivity contribution in [3.8, 4) is 23.3 Å². The Bertz CT molecular complexity index is 1560. The van der Waals surface area contributed by atoms with Gasteiger partial charge >= 0.3 is 0 Å². The second kappa shape index (κ2) is 11.6. The van der Waals surface area contributed by atoms with E-state index >= 15 is 0 Å². The number of pyridine rings is 2. The SMILES string of the molecule is Cc1ccnc(NC(=O)c2ccc(Oc3ccnc4[nH]nc(N[C@@H]5CCCN(C(=O)C#CCO)C5)c34)cc2)c1. The third kappa shape index (κ3) is 6.14. The number of aromatic amines is 1. The van der Waals surface area contributed by atoms with Gasteiger partial charge in [-0.1, -0.05) is 5.92 Å². The molecule has 0 aliphatic carbocycles. The first kappa shape index (κ1) is 25.7. The zero-order valence-corrected chi connectivity index (χ0v) is 21.3. The minimum absolute atomic E-state index is 0.0427. The number of hydrogen-bond acceptors (Lipinski definition) is 8. The summed E-state index contributed by atoms with van der Waals surface area (Å²) in [4.78, 5) is 35.1. The summed E-state index contributed by atoms with van der Waals surface area (Å²) in [5.74, 6) is 6.42. The number of likely N-dealkylation sites (tertiary alicyclic amines) is 1. The lowest BCUT2D eigenvalue weighted by Gasteiger charge is -2.32. The number of anilines is 2. The molecule has 1 aliphatic rings. The average molecular weight is 526 g/mol. The van der Waals surface area contributed by atoms with Crippen LogP contribution in [0.25, 0.3) is 11.0 Å². The highest BCUT2D eigenvalue weighted by Crippen LogP contribution is 2.33. The molecule has 0 saturated carbocycles. The van der Waals surface area contributed by atoms with Crippen molar-refractivity contribution in [1.82, 2.24) is 25.1 Å². The van der Waals surface area contributed by atoms with E-state index in [1.54, 1.807) is 53.7 Å². The summed E-state index contributed by atoms with van der Waals surface area (Å²) in [7, 11) is 0. The zero-order valence-electron chi connectivity index (χ0n) is 21.3. The highest BCUT2D eigenvalue weighted by molar-refractivity contribution is 6.03. The van der Waals surface area contributed by atoms with E-state index in [0.717, 1.165) is 18.4 Å². The van der Waals surface area contributed by atoms with Gasteiger partial charge in [0, 0.05) is 43.2 Å². The van der Waals surface area contributed by atoms with Crippen LogP contribution in [-0.4, -0.2) is 67.7 Å². The number of benzene rings is 1. The Morgan fingerprint density at radius 3 is 2.79 bits per heavy atom. The molecule has 4 heterocycles. The minimum atomic E-state index is -0.350. The minimum Gasteiger partial charge on any atom is -0.456 e. The van der Waals surface area contributed by atoms with E-state index in [2.05, 4.69) is 42.6 Å².